The number of rotatable bonds is 12. The number of hydrogen-bond donors (Lipinski definition) is 1. The molecule has 1 atom stereocenters. The van der Waals surface area contributed by atoms with Gasteiger partial charge in [-0.1, -0.05) is 0 Å². The van der Waals surface area contributed by atoms with E-state index in [1.54, 1.807) is 7.11 Å². The molecule has 0 aromatic heterocycles. The molecule has 1 unspecified atom stereocenters. The second kappa shape index (κ2) is 12.3. The zero-order valence-corrected chi connectivity index (χ0v) is 11.4. The highest BCUT2D eigenvalue weighted by atomic mass is 16.5. The molecule has 0 saturated heterocycles. The van der Waals surface area contributed by atoms with Gasteiger partial charge in [-0.3, -0.25) is 0 Å². The third kappa shape index (κ3) is 13.7. The first-order valence-corrected chi connectivity index (χ1v) is 6.18. The van der Waals surface area contributed by atoms with Crippen LogP contribution in [0.15, 0.2) is 0 Å². The largest absolute Gasteiger partial charge is 0.393 e. The Kier molecular flexibility index (Phi) is 12.1. The predicted octanol–water partition coefficient (Wildman–Crippen LogP) is 0.369. The van der Waals surface area contributed by atoms with Crippen LogP contribution in [0, 0.1) is 0 Å². The van der Waals surface area contributed by atoms with E-state index in [1.165, 1.54) is 0 Å². The third-order valence-corrected chi connectivity index (χ3v) is 2.35. The minimum atomic E-state index is -0.229. The molecule has 0 spiro atoms. The summed E-state index contributed by atoms with van der Waals surface area (Å²) in [4.78, 5) is 2.15. The summed E-state index contributed by atoms with van der Waals surface area (Å²) in [5, 5.41) is 9.13. The molecule has 0 bridgehead atoms. The van der Waals surface area contributed by atoms with Crippen LogP contribution in [0.3, 0.4) is 0 Å². The normalized spacial score (nSPS) is 13.2. The molecule has 0 aliphatic heterocycles. The summed E-state index contributed by atoms with van der Waals surface area (Å²) in [6.45, 7) is 6.76. The van der Waals surface area contributed by atoms with Crippen LogP contribution in [0.25, 0.3) is 0 Å². The Morgan fingerprint density at radius 2 is 1.59 bits per heavy atom. The van der Waals surface area contributed by atoms with Crippen LogP contribution in [0.5, 0.6) is 0 Å². The first-order chi connectivity index (χ1) is 8.16. The summed E-state index contributed by atoms with van der Waals surface area (Å²) in [6.07, 6.45) is 0.573. The fourth-order valence-corrected chi connectivity index (χ4v) is 1.20. The van der Waals surface area contributed by atoms with E-state index in [9.17, 15) is 0 Å². The van der Waals surface area contributed by atoms with Gasteiger partial charge in [-0.2, -0.15) is 0 Å². The number of nitrogens with zero attached hydrogens (tertiary/aromatic N) is 1. The SMILES string of the molecule is COCCOCCOCCN(C)CCC(C)O. The van der Waals surface area contributed by atoms with Crippen LogP contribution in [0.4, 0.5) is 0 Å². The molecular formula is C12H27NO4. The fraction of sp³-hybridized carbons (Fsp3) is 1.00. The highest BCUT2D eigenvalue weighted by Gasteiger charge is 2.01. The first-order valence-electron chi connectivity index (χ1n) is 6.18. The monoisotopic (exact) mass is 249 g/mol. The van der Waals surface area contributed by atoms with Gasteiger partial charge in [-0.15, -0.1) is 0 Å². The highest BCUT2D eigenvalue weighted by molar-refractivity contribution is 4.54. The molecule has 0 aliphatic rings. The zero-order valence-electron chi connectivity index (χ0n) is 11.4. The van der Waals surface area contributed by atoms with Crippen molar-refractivity contribution in [3.8, 4) is 0 Å². The average Bonchev–Trinajstić information content (AvgIpc) is 2.30. The summed E-state index contributed by atoms with van der Waals surface area (Å²) >= 11 is 0. The average molecular weight is 249 g/mol. The molecule has 0 aliphatic carbocycles. The lowest BCUT2D eigenvalue weighted by Crippen LogP contribution is -2.26. The van der Waals surface area contributed by atoms with Crippen molar-refractivity contribution in [2.24, 2.45) is 0 Å². The van der Waals surface area contributed by atoms with E-state index in [0.717, 1.165) is 19.5 Å². The maximum Gasteiger partial charge on any atom is 0.0701 e. The quantitative estimate of drug-likeness (QED) is 0.506. The lowest BCUT2D eigenvalue weighted by Gasteiger charge is -2.17. The molecule has 0 saturated carbocycles. The smallest absolute Gasteiger partial charge is 0.0701 e. The van der Waals surface area contributed by atoms with Crippen molar-refractivity contribution in [1.82, 2.24) is 4.90 Å². The van der Waals surface area contributed by atoms with Gasteiger partial charge in [0.2, 0.25) is 0 Å². The van der Waals surface area contributed by atoms with Gasteiger partial charge >= 0.3 is 0 Å². The van der Waals surface area contributed by atoms with Crippen LogP contribution in [-0.4, -0.2) is 76.4 Å². The number of ether oxygens (including phenoxy) is 3. The maximum atomic E-state index is 9.13. The van der Waals surface area contributed by atoms with E-state index in [0.29, 0.717) is 33.0 Å². The van der Waals surface area contributed by atoms with Crippen LogP contribution in [0.1, 0.15) is 13.3 Å². The lowest BCUT2D eigenvalue weighted by molar-refractivity contribution is 0.0203. The van der Waals surface area contributed by atoms with Gasteiger partial charge in [-0.25, -0.2) is 0 Å². The predicted molar refractivity (Wildman–Crippen MR) is 67.3 cm³/mol. The van der Waals surface area contributed by atoms with Crippen LogP contribution in [-0.2, 0) is 14.2 Å². The number of methoxy groups -OCH3 is 1. The Labute approximate surface area is 105 Å². The summed E-state index contributed by atoms with van der Waals surface area (Å²) in [5.41, 5.74) is 0. The Balaban J connectivity index is 3.11. The third-order valence-electron chi connectivity index (χ3n) is 2.35. The van der Waals surface area contributed by atoms with Gasteiger partial charge in [-0.05, 0) is 20.4 Å². The first kappa shape index (κ1) is 16.8. The Hall–Kier alpha value is -0.200. The number of aliphatic hydroxyl groups excluding tert-OH is 1. The van der Waals surface area contributed by atoms with Gasteiger partial charge < -0.3 is 24.2 Å². The zero-order chi connectivity index (χ0) is 12.9. The van der Waals surface area contributed by atoms with Crippen molar-refractivity contribution >= 4 is 0 Å². The second-order valence-corrected chi connectivity index (χ2v) is 4.16. The Morgan fingerprint density at radius 3 is 2.18 bits per heavy atom. The molecule has 0 aromatic carbocycles. The van der Waals surface area contributed by atoms with Crippen molar-refractivity contribution in [3.05, 3.63) is 0 Å². The standard InChI is InChI=1S/C12H27NO4/c1-12(14)4-5-13(2)6-7-16-10-11-17-9-8-15-3/h12,14H,4-11H2,1-3H3. The highest BCUT2D eigenvalue weighted by Crippen LogP contribution is 1.93. The topological polar surface area (TPSA) is 51.2 Å². The van der Waals surface area contributed by atoms with E-state index < -0.39 is 0 Å². The molecule has 0 amide bonds. The van der Waals surface area contributed by atoms with Crippen molar-refractivity contribution in [2.45, 2.75) is 19.4 Å². The molecule has 104 valence electrons. The molecule has 0 radical (unpaired) electrons. The van der Waals surface area contributed by atoms with Crippen LogP contribution < -0.4 is 0 Å². The van der Waals surface area contributed by atoms with Crippen molar-refractivity contribution in [1.29, 1.82) is 0 Å². The molecule has 0 aromatic rings. The van der Waals surface area contributed by atoms with Crippen molar-refractivity contribution < 1.29 is 19.3 Å². The van der Waals surface area contributed by atoms with Crippen molar-refractivity contribution in [3.63, 3.8) is 0 Å². The van der Waals surface area contributed by atoms with E-state index in [2.05, 4.69) is 4.90 Å². The van der Waals surface area contributed by atoms with E-state index in [1.807, 2.05) is 14.0 Å². The number of likely N-dealkylation sites (N-methyl/N-ethyl adjacent to an activating group) is 1. The molecule has 5 heteroatoms. The van der Waals surface area contributed by atoms with Gasteiger partial charge in [0.1, 0.15) is 0 Å². The number of hydrogen-bond acceptors (Lipinski definition) is 5. The second-order valence-electron chi connectivity index (χ2n) is 4.16. The Morgan fingerprint density at radius 1 is 1.00 bits per heavy atom. The molecule has 17 heavy (non-hydrogen) atoms. The number of aliphatic hydroxyl groups is 1. The molecule has 0 fully saturated rings. The lowest BCUT2D eigenvalue weighted by atomic mass is 10.3. The minimum Gasteiger partial charge on any atom is -0.393 e. The Bertz CT molecular complexity index is 155. The van der Waals surface area contributed by atoms with E-state index in [4.69, 9.17) is 19.3 Å². The minimum absolute atomic E-state index is 0.229. The molecule has 0 heterocycles. The molecular weight excluding hydrogens is 222 g/mol. The summed E-state index contributed by atoms with van der Waals surface area (Å²) < 4.78 is 15.5. The van der Waals surface area contributed by atoms with Gasteiger partial charge in [0, 0.05) is 20.2 Å². The van der Waals surface area contributed by atoms with Crippen molar-refractivity contribution in [2.75, 3.05) is 60.3 Å². The van der Waals surface area contributed by atoms with Crippen LogP contribution in [0.2, 0.25) is 0 Å². The fourth-order valence-electron chi connectivity index (χ4n) is 1.20. The summed E-state index contributed by atoms with van der Waals surface area (Å²) in [5.74, 6) is 0. The summed E-state index contributed by atoms with van der Waals surface area (Å²) in [6, 6.07) is 0. The molecule has 1 N–H and O–H groups in total. The van der Waals surface area contributed by atoms with E-state index in [-0.39, 0.29) is 6.10 Å². The maximum absolute atomic E-state index is 9.13. The van der Waals surface area contributed by atoms with Crippen LogP contribution >= 0.6 is 0 Å². The van der Waals surface area contributed by atoms with E-state index >= 15 is 0 Å². The van der Waals surface area contributed by atoms with Gasteiger partial charge in [0.05, 0.1) is 39.1 Å². The molecule has 5 nitrogen and oxygen atoms in total. The van der Waals surface area contributed by atoms with Gasteiger partial charge in [0.15, 0.2) is 0 Å². The molecule has 0 rings (SSSR count). The summed E-state index contributed by atoms with van der Waals surface area (Å²) in [7, 11) is 3.68. The van der Waals surface area contributed by atoms with Gasteiger partial charge in [0.25, 0.3) is 0 Å².